The van der Waals surface area contributed by atoms with Crippen LogP contribution in [-0.2, 0) is 14.8 Å². The number of hydrogen-bond acceptors (Lipinski definition) is 5. The number of morpholine rings is 1. The Bertz CT molecular complexity index is 828. The summed E-state index contributed by atoms with van der Waals surface area (Å²) in [4.78, 5) is 6.71. The van der Waals surface area contributed by atoms with Crippen molar-refractivity contribution in [3.05, 3.63) is 36.7 Å². The first-order valence-electron chi connectivity index (χ1n) is 9.11. The minimum atomic E-state index is -3.59. The van der Waals surface area contributed by atoms with Gasteiger partial charge in [0.2, 0.25) is 10.0 Å². The molecule has 0 saturated carbocycles. The average Bonchev–Trinajstić information content (AvgIpc) is 2.65. The van der Waals surface area contributed by atoms with Gasteiger partial charge in [0, 0.05) is 48.8 Å². The maximum absolute atomic E-state index is 12.9. The third kappa shape index (κ3) is 4.59. The van der Waals surface area contributed by atoms with E-state index in [1.807, 2.05) is 6.07 Å². The van der Waals surface area contributed by atoms with Crippen molar-refractivity contribution < 1.29 is 13.2 Å². The lowest BCUT2D eigenvalue weighted by Crippen LogP contribution is -2.49. The zero-order valence-electron chi connectivity index (χ0n) is 15.4. The number of hydrogen-bond donors (Lipinski definition) is 1. The van der Waals surface area contributed by atoms with Crippen LogP contribution < -0.4 is 4.72 Å². The molecule has 1 aliphatic heterocycles. The monoisotopic (exact) mass is 377 g/mol. The first-order chi connectivity index (χ1) is 12.5. The summed E-state index contributed by atoms with van der Waals surface area (Å²) in [6.45, 7) is 7.84. The molecule has 26 heavy (non-hydrogen) atoms. The Morgan fingerprint density at radius 1 is 1.23 bits per heavy atom. The van der Waals surface area contributed by atoms with Crippen molar-refractivity contribution in [2.45, 2.75) is 31.2 Å². The van der Waals surface area contributed by atoms with E-state index in [0.717, 1.165) is 24.9 Å². The zero-order valence-corrected chi connectivity index (χ0v) is 16.2. The SMILES string of the molecule is CC(C)CC(CNS(=O)(=O)c1cccc2cnccc12)N1CCOCC1. The molecular formula is C19H27N3O3S. The Hall–Kier alpha value is -1.54. The Labute approximate surface area is 155 Å². The molecule has 1 N–H and O–H groups in total. The molecule has 0 aliphatic carbocycles. The fourth-order valence-electron chi connectivity index (χ4n) is 3.46. The number of benzene rings is 1. The van der Waals surface area contributed by atoms with E-state index < -0.39 is 10.0 Å². The summed E-state index contributed by atoms with van der Waals surface area (Å²) in [5.74, 6) is 0.496. The largest absolute Gasteiger partial charge is 0.379 e. The average molecular weight is 378 g/mol. The van der Waals surface area contributed by atoms with Crippen molar-refractivity contribution in [2.75, 3.05) is 32.8 Å². The van der Waals surface area contributed by atoms with Crippen LogP contribution in [0.3, 0.4) is 0 Å². The van der Waals surface area contributed by atoms with Crippen molar-refractivity contribution in [3.63, 3.8) is 0 Å². The van der Waals surface area contributed by atoms with Crippen molar-refractivity contribution in [1.82, 2.24) is 14.6 Å². The summed E-state index contributed by atoms with van der Waals surface area (Å²) in [5, 5.41) is 1.52. The highest BCUT2D eigenvalue weighted by Gasteiger charge is 2.25. The van der Waals surface area contributed by atoms with E-state index in [9.17, 15) is 8.42 Å². The molecule has 1 atom stereocenters. The lowest BCUT2D eigenvalue weighted by atomic mass is 10.0. The van der Waals surface area contributed by atoms with Crippen LogP contribution in [0.1, 0.15) is 20.3 Å². The molecule has 1 aromatic carbocycles. The van der Waals surface area contributed by atoms with Crippen LogP contribution in [0, 0.1) is 5.92 Å². The van der Waals surface area contributed by atoms with Crippen LogP contribution in [0.25, 0.3) is 10.8 Å². The number of aromatic nitrogens is 1. The first kappa shape index (κ1) is 19.2. The molecule has 142 valence electrons. The number of fused-ring (bicyclic) bond motifs is 1. The topological polar surface area (TPSA) is 71.5 Å². The summed E-state index contributed by atoms with van der Waals surface area (Å²) in [6, 6.07) is 7.20. The van der Waals surface area contributed by atoms with Crippen molar-refractivity contribution in [2.24, 2.45) is 5.92 Å². The van der Waals surface area contributed by atoms with E-state index in [1.54, 1.807) is 30.6 Å². The highest BCUT2D eigenvalue weighted by Crippen LogP contribution is 2.22. The van der Waals surface area contributed by atoms with Crippen LogP contribution in [0.4, 0.5) is 0 Å². The van der Waals surface area contributed by atoms with Gasteiger partial charge in [-0.25, -0.2) is 13.1 Å². The number of rotatable bonds is 7. The third-order valence-corrected chi connectivity index (χ3v) is 6.23. The predicted molar refractivity (Wildman–Crippen MR) is 103 cm³/mol. The normalized spacial score (nSPS) is 17.7. The molecule has 0 bridgehead atoms. The Morgan fingerprint density at radius 3 is 2.73 bits per heavy atom. The van der Waals surface area contributed by atoms with Gasteiger partial charge in [0.15, 0.2) is 0 Å². The van der Waals surface area contributed by atoms with Gasteiger partial charge in [-0.15, -0.1) is 0 Å². The minimum Gasteiger partial charge on any atom is -0.379 e. The van der Waals surface area contributed by atoms with E-state index >= 15 is 0 Å². The molecule has 1 aliphatic rings. The summed E-state index contributed by atoms with van der Waals surface area (Å²) in [6.07, 6.45) is 4.25. The second-order valence-corrected chi connectivity index (χ2v) is 8.87. The number of ether oxygens (including phenoxy) is 1. The number of sulfonamides is 1. The zero-order chi connectivity index (χ0) is 18.6. The van der Waals surface area contributed by atoms with Gasteiger partial charge in [0.1, 0.15) is 0 Å². The number of nitrogens with one attached hydrogen (secondary N) is 1. The molecular weight excluding hydrogens is 350 g/mol. The fraction of sp³-hybridized carbons (Fsp3) is 0.526. The van der Waals surface area contributed by atoms with Crippen LogP contribution in [0.5, 0.6) is 0 Å². The quantitative estimate of drug-likeness (QED) is 0.801. The molecule has 6 nitrogen and oxygen atoms in total. The molecule has 2 aromatic rings. The summed E-state index contributed by atoms with van der Waals surface area (Å²) >= 11 is 0. The lowest BCUT2D eigenvalue weighted by Gasteiger charge is -2.35. The van der Waals surface area contributed by atoms with Gasteiger partial charge in [-0.2, -0.15) is 0 Å². The Morgan fingerprint density at radius 2 is 2.00 bits per heavy atom. The smallest absolute Gasteiger partial charge is 0.241 e. The molecule has 3 rings (SSSR count). The highest BCUT2D eigenvalue weighted by molar-refractivity contribution is 7.89. The fourth-order valence-corrected chi connectivity index (χ4v) is 4.76. The molecule has 0 amide bonds. The first-order valence-corrected chi connectivity index (χ1v) is 10.6. The van der Waals surface area contributed by atoms with Crippen LogP contribution >= 0.6 is 0 Å². The van der Waals surface area contributed by atoms with Crippen LogP contribution in [0.2, 0.25) is 0 Å². The van der Waals surface area contributed by atoms with Crippen molar-refractivity contribution in [1.29, 1.82) is 0 Å². The van der Waals surface area contributed by atoms with E-state index in [2.05, 4.69) is 28.5 Å². The molecule has 0 radical (unpaired) electrons. The van der Waals surface area contributed by atoms with E-state index in [0.29, 0.717) is 36.0 Å². The second-order valence-electron chi connectivity index (χ2n) is 7.14. The number of pyridine rings is 1. The summed E-state index contributed by atoms with van der Waals surface area (Å²) < 4.78 is 34.2. The highest BCUT2D eigenvalue weighted by atomic mass is 32.2. The van der Waals surface area contributed by atoms with Crippen molar-refractivity contribution in [3.8, 4) is 0 Å². The Balaban J connectivity index is 1.78. The number of nitrogens with zero attached hydrogens (tertiary/aromatic N) is 2. The predicted octanol–water partition coefficient (Wildman–Crippen LogP) is 2.26. The van der Waals surface area contributed by atoms with E-state index in [4.69, 9.17) is 4.74 Å². The van der Waals surface area contributed by atoms with Crippen LogP contribution in [0.15, 0.2) is 41.6 Å². The van der Waals surface area contributed by atoms with Gasteiger partial charge in [-0.3, -0.25) is 9.88 Å². The molecule has 1 aromatic heterocycles. The second kappa shape index (κ2) is 8.43. The minimum absolute atomic E-state index is 0.172. The molecule has 1 fully saturated rings. The van der Waals surface area contributed by atoms with Gasteiger partial charge >= 0.3 is 0 Å². The molecule has 7 heteroatoms. The van der Waals surface area contributed by atoms with Gasteiger partial charge < -0.3 is 4.74 Å². The lowest BCUT2D eigenvalue weighted by molar-refractivity contribution is 0.0134. The van der Waals surface area contributed by atoms with E-state index in [1.165, 1.54) is 0 Å². The van der Waals surface area contributed by atoms with Crippen molar-refractivity contribution >= 4 is 20.8 Å². The van der Waals surface area contributed by atoms with Gasteiger partial charge in [-0.1, -0.05) is 26.0 Å². The standard InChI is InChI=1S/C19H27N3O3S/c1-15(2)12-17(22-8-10-25-11-9-22)14-21-26(23,24)19-5-3-4-16-13-20-7-6-18(16)19/h3-7,13,15,17,21H,8-12,14H2,1-2H3. The maximum atomic E-state index is 12.9. The summed E-state index contributed by atoms with van der Waals surface area (Å²) in [7, 11) is -3.59. The molecule has 1 saturated heterocycles. The Kier molecular flexibility index (Phi) is 6.24. The molecule has 2 heterocycles. The molecule has 1 unspecified atom stereocenters. The third-order valence-electron chi connectivity index (χ3n) is 4.74. The van der Waals surface area contributed by atoms with Gasteiger partial charge in [-0.05, 0) is 24.5 Å². The maximum Gasteiger partial charge on any atom is 0.241 e. The van der Waals surface area contributed by atoms with Gasteiger partial charge in [0.05, 0.1) is 18.1 Å². The molecule has 0 spiro atoms. The van der Waals surface area contributed by atoms with Gasteiger partial charge in [0.25, 0.3) is 0 Å². The summed E-state index contributed by atoms with van der Waals surface area (Å²) in [5.41, 5.74) is 0. The van der Waals surface area contributed by atoms with E-state index in [-0.39, 0.29) is 6.04 Å². The van der Waals surface area contributed by atoms with Crippen LogP contribution in [-0.4, -0.2) is 57.2 Å².